The zero-order valence-corrected chi connectivity index (χ0v) is 17.5. The van der Waals surface area contributed by atoms with E-state index >= 15 is 0 Å². The third-order valence-electron chi connectivity index (χ3n) is 3.60. The Bertz CT molecular complexity index is 866. The third-order valence-corrected chi connectivity index (χ3v) is 4.13. The van der Waals surface area contributed by atoms with Crippen LogP contribution in [0.5, 0.6) is 11.5 Å². The molecule has 0 fully saturated rings. The fraction of sp³-hybridized carbons (Fsp3) is 0.250. The van der Waals surface area contributed by atoms with E-state index in [2.05, 4.69) is 31.8 Å². The Labute approximate surface area is 172 Å². The molecule has 2 aromatic rings. The lowest BCUT2D eigenvalue weighted by molar-refractivity contribution is -0.123. The largest absolute Gasteiger partial charge is 0.495 e. The Morgan fingerprint density at radius 2 is 1.82 bits per heavy atom. The van der Waals surface area contributed by atoms with Crippen molar-refractivity contribution < 1.29 is 19.1 Å². The van der Waals surface area contributed by atoms with Gasteiger partial charge >= 0.3 is 0 Å². The van der Waals surface area contributed by atoms with Crippen molar-refractivity contribution in [1.82, 2.24) is 5.43 Å². The lowest BCUT2D eigenvalue weighted by Gasteiger charge is -2.11. The molecule has 7 nitrogen and oxygen atoms in total. The first-order chi connectivity index (χ1) is 13.4. The lowest BCUT2D eigenvalue weighted by atomic mass is 10.2. The van der Waals surface area contributed by atoms with E-state index in [-0.39, 0.29) is 18.9 Å². The van der Waals surface area contributed by atoms with Crippen molar-refractivity contribution in [1.29, 1.82) is 0 Å². The molecule has 8 heteroatoms. The highest BCUT2D eigenvalue weighted by atomic mass is 79.9. The molecular weight excluding hydrogens is 426 g/mol. The van der Waals surface area contributed by atoms with E-state index < -0.39 is 5.91 Å². The summed E-state index contributed by atoms with van der Waals surface area (Å²) in [6.45, 7) is 3.40. The number of nitrogens with one attached hydrogen (secondary N) is 2. The van der Waals surface area contributed by atoms with E-state index in [1.54, 1.807) is 32.2 Å². The molecule has 0 saturated carbocycles. The van der Waals surface area contributed by atoms with Gasteiger partial charge in [0.05, 0.1) is 19.2 Å². The molecule has 0 aliphatic heterocycles. The average molecular weight is 448 g/mol. The van der Waals surface area contributed by atoms with Crippen LogP contribution in [0.1, 0.15) is 18.9 Å². The summed E-state index contributed by atoms with van der Waals surface area (Å²) in [5.41, 5.74) is 4.42. The van der Waals surface area contributed by atoms with Crippen LogP contribution in [0, 0.1) is 6.92 Å². The molecule has 0 saturated heterocycles. The maximum absolute atomic E-state index is 12.2. The number of amides is 2. The average Bonchev–Trinajstić information content (AvgIpc) is 2.66. The highest BCUT2D eigenvalue weighted by molar-refractivity contribution is 9.10. The number of hydrazone groups is 1. The minimum atomic E-state index is -0.414. The second kappa shape index (κ2) is 10.5. The molecule has 2 N–H and O–H groups in total. The van der Waals surface area contributed by atoms with Crippen LogP contribution in [0.3, 0.4) is 0 Å². The van der Waals surface area contributed by atoms with Crippen LogP contribution in [-0.2, 0) is 9.59 Å². The van der Waals surface area contributed by atoms with E-state index in [1.165, 1.54) is 0 Å². The summed E-state index contributed by atoms with van der Waals surface area (Å²) < 4.78 is 11.5. The number of anilines is 1. The molecule has 28 heavy (non-hydrogen) atoms. The Balaban J connectivity index is 1.81. The van der Waals surface area contributed by atoms with E-state index in [1.807, 2.05) is 31.2 Å². The molecular formula is C20H22BrN3O4. The summed E-state index contributed by atoms with van der Waals surface area (Å²) in [7, 11) is 1.54. The summed E-state index contributed by atoms with van der Waals surface area (Å²) in [6.07, 6.45) is 0.0327. The van der Waals surface area contributed by atoms with Crippen molar-refractivity contribution in [2.75, 3.05) is 19.0 Å². The van der Waals surface area contributed by atoms with Crippen LogP contribution < -0.4 is 20.2 Å². The number of aryl methyl sites for hydroxylation is 1. The van der Waals surface area contributed by atoms with Gasteiger partial charge < -0.3 is 14.8 Å². The Morgan fingerprint density at radius 1 is 1.11 bits per heavy atom. The summed E-state index contributed by atoms with van der Waals surface area (Å²) in [5.74, 6) is 0.478. The smallest absolute Gasteiger partial charge is 0.277 e. The van der Waals surface area contributed by atoms with Gasteiger partial charge in [-0.1, -0.05) is 22.0 Å². The normalized spacial score (nSPS) is 10.9. The zero-order chi connectivity index (χ0) is 20.5. The fourth-order valence-electron chi connectivity index (χ4n) is 2.26. The van der Waals surface area contributed by atoms with Gasteiger partial charge in [0.25, 0.3) is 5.91 Å². The number of hydrogen-bond donors (Lipinski definition) is 2. The van der Waals surface area contributed by atoms with E-state index in [4.69, 9.17) is 9.47 Å². The van der Waals surface area contributed by atoms with Crippen molar-refractivity contribution in [3.05, 3.63) is 52.5 Å². The quantitative estimate of drug-likeness (QED) is 0.477. The summed E-state index contributed by atoms with van der Waals surface area (Å²) in [6, 6.07) is 12.6. The van der Waals surface area contributed by atoms with Gasteiger partial charge in [-0.05, 0) is 55.8 Å². The molecule has 0 spiro atoms. The van der Waals surface area contributed by atoms with Gasteiger partial charge in [-0.2, -0.15) is 5.10 Å². The molecule has 0 aliphatic rings. The Kier molecular flexibility index (Phi) is 8.01. The third kappa shape index (κ3) is 7.03. The van der Waals surface area contributed by atoms with Crippen LogP contribution in [0.25, 0.3) is 0 Å². The Hall–Kier alpha value is -2.87. The summed E-state index contributed by atoms with van der Waals surface area (Å²) >= 11 is 3.33. The second-order valence-electron chi connectivity index (χ2n) is 6.05. The summed E-state index contributed by atoms with van der Waals surface area (Å²) in [4.78, 5) is 24.0. The Morgan fingerprint density at radius 3 is 2.50 bits per heavy atom. The maximum atomic E-state index is 12.2. The number of ether oxygens (including phenoxy) is 2. The molecule has 0 aromatic heterocycles. The van der Waals surface area contributed by atoms with Crippen molar-refractivity contribution in [3.8, 4) is 11.5 Å². The number of carbonyl (C=O) groups excluding carboxylic acids is 2. The van der Waals surface area contributed by atoms with Gasteiger partial charge in [0.2, 0.25) is 5.91 Å². The van der Waals surface area contributed by atoms with Crippen molar-refractivity contribution >= 4 is 39.1 Å². The van der Waals surface area contributed by atoms with Gasteiger partial charge in [-0.3, -0.25) is 9.59 Å². The predicted octanol–water partition coefficient (Wildman–Crippen LogP) is 3.67. The second-order valence-corrected chi connectivity index (χ2v) is 6.97. The molecule has 2 rings (SSSR count). The molecule has 0 aliphatic carbocycles. The molecule has 0 radical (unpaired) electrons. The number of rotatable bonds is 8. The monoisotopic (exact) mass is 447 g/mol. The molecule has 0 bridgehead atoms. The van der Waals surface area contributed by atoms with E-state index in [0.717, 1.165) is 10.0 Å². The highest BCUT2D eigenvalue weighted by Gasteiger charge is 2.10. The molecule has 0 atom stereocenters. The predicted molar refractivity (Wildman–Crippen MR) is 112 cm³/mol. The molecule has 2 aromatic carbocycles. The van der Waals surface area contributed by atoms with Crippen LogP contribution in [0.4, 0.5) is 5.69 Å². The lowest BCUT2D eigenvalue weighted by Crippen LogP contribution is -2.26. The zero-order valence-electron chi connectivity index (χ0n) is 15.9. The van der Waals surface area contributed by atoms with Crippen LogP contribution in [0.2, 0.25) is 0 Å². The summed E-state index contributed by atoms with van der Waals surface area (Å²) in [5, 5.41) is 6.72. The molecule has 0 unspecified atom stereocenters. The SMILES string of the molecule is COc1ccc(C)cc1NC(=O)C/C(C)=N\NC(=O)COc1ccc(Br)cc1. The van der Waals surface area contributed by atoms with E-state index in [9.17, 15) is 9.59 Å². The number of benzene rings is 2. The fourth-order valence-corrected chi connectivity index (χ4v) is 2.52. The standard InChI is InChI=1S/C20H22BrN3O4/c1-13-4-9-18(27-3)17(10-13)22-19(25)11-14(2)23-24-20(26)12-28-16-7-5-15(21)6-8-16/h4-10H,11-12H2,1-3H3,(H,22,25)(H,24,26)/b23-14-. The number of nitrogens with zero attached hydrogens (tertiary/aromatic N) is 1. The number of carbonyl (C=O) groups is 2. The molecule has 0 heterocycles. The van der Waals surface area contributed by atoms with Crippen LogP contribution >= 0.6 is 15.9 Å². The van der Waals surface area contributed by atoms with E-state index in [0.29, 0.717) is 22.9 Å². The first-order valence-corrected chi connectivity index (χ1v) is 9.31. The topological polar surface area (TPSA) is 89.0 Å². The number of methoxy groups -OCH3 is 1. The van der Waals surface area contributed by atoms with Gasteiger partial charge in [0, 0.05) is 10.2 Å². The van der Waals surface area contributed by atoms with Crippen molar-refractivity contribution in [2.24, 2.45) is 5.10 Å². The van der Waals surface area contributed by atoms with Crippen LogP contribution in [0.15, 0.2) is 52.0 Å². The van der Waals surface area contributed by atoms with Crippen molar-refractivity contribution in [2.45, 2.75) is 20.3 Å². The first-order valence-electron chi connectivity index (χ1n) is 8.52. The molecule has 2 amide bonds. The minimum Gasteiger partial charge on any atom is -0.495 e. The van der Waals surface area contributed by atoms with Gasteiger partial charge in [-0.25, -0.2) is 5.43 Å². The number of halogens is 1. The highest BCUT2D eigenvalue weighted by Crippen LogP contribution is 2.25. The van der Waals surface area contributed by atoms with Gasteiger partial charge in [0.1, 0.15) is 11.5 Å². The van der Waals surface area contributed by atoms with Crippen LogP contribution in [-0.4, -0.2) is 31.2 Å². The van der Waals surface area contributed by atoms with Crippen molar-refractivity contribution in [3.63, 3.8) is 0 Å². The van der Waals surface area contributed by atoms with Gasteiger partial charge in [0.15, 0.2) is 6.61 Å². The van der Waals surface area contributed by atoms with Gasteiger partial charge in [-0.15, -0.1) is 0 Å². The number of hydrogen-bond acceptors (Lipinski definition) is 5. The first kappa shape index (κ1) is 21.4. The maximum Gasteiger partial charge on any atom is 0.277 e. The minimum absolute atomic E-state index is 0.0327. The molecule has 148 valence electrons.